The molecule has 0 radical (unpaired) electrons. The minimum Gasteiger partial charge on any atom is -0.370 e. The van der Waals surface area contributed by atoms with Crippen molar-refractivity contribution in [1.29, 1.82) is 0 Å². The molecule has 4 rings (SSSR count). The molecule has 7 nitrogen and oxygen atoms in total. The van der Waals surface area contributed by atoms with Gasteiger partial charge in [-0.25, -0.2) is 4.98 Å². The van der Waals surface area contributed by atoms with E-state index in [1.54, 1.807) is 6.20 Å². The SMILES string of the molecule is Cl.NC1=NCC(CCNC(=O)c2cc3c(cn2)[nH]c2ccccc23)N1. The molecule has 25 heavy (non-hydrogen) atoms. The minimum absolute atomic E-state index is 0. The number of nitrogens with two attached hydrogens (primary N) is 1. The van der Waals surface area contributed by atoms with Gasteiger partial charge in [0.25, 0.3) is 5.91 Å². The molecular weight excluding hydrogens is 340 g/mol. The maximum Gasteiger partial charge on any atom is 0.269 e. The number of fused-ring (bicyclic) bond motifs is 3. The number of nitrogens with one attached hydrogen (secondary N) is 3. The summed E-state index contributed by atoms with van der Waals surface area (Å²) in [6, 6.07) is 10.0. The minimum atomic E-state index is -0.172. The van der Waals surface area contributed by atoms with Crippen LogP contribution in [0.25, 0.3) is 21.8 Å². The fourth-order valence-electron chi connectivity index (χ4n) is 3.00. The van der Waals surface area contributed by atoms with E-state index in [4.69, 9.17) is 5.73 Å². The molecule has 1 aliphatic heterocycles. The molecule has 130 valence electrons. The summed E-state index contributed by atoms with van der Waals surface area (Å²) in [5.41, 5.74) is 7.96. The number of guanidine groups is 1. The zero-order valence-corrected chi connectivity index (χ0v) is 14.3. The molecule has 3 aromatic rings. The van der Waals surface area contributed by atoms with Gasteiger partial charge in [0, 0.05) is 22.8 Å². The number of carbonyl (C=O) groups is 1. The van der Waals surface area contributed by atoms with Crippen LogP contribution in [0.3, 0.4) is 0 Å². The number of aromatic amines is 1. The second-order valence-corrected chi connectivity index (χ2v) is 5.90. The summed E-state index contributed by atoms with van der Waals surface area (Å²) in [5, 5.41) is 8.06. The fourth-order valence-corrected chi connectivity index (χ4v) is 3.00. The predicted octanol–water partition coefficient (Wildman–Crippen LogP) is 1.54. The van der Waals surface area contributed by atoms with Gasteiger partial charge in [0.1, 0.15) is 5.69 Å². The van der Waals surface area contributed by atoms with E-state index in [-0.39, 0.29) is 24.4 Å². The van der Waals surface area contributed by atoms with Crippen molar-refractivity contribution in [2.75, 3.05) is 13.1 Å². The summed E-state index contributed by atoms with van der Waals surface area (Å²) in [5.74, 6) is 0.298. The molecule has 0 fully saturated rings. The van der Waals surface area contributed by atoms with Crippen LogP contribution in [0.1, 0.15) is 16.9 Å². The van der Waals surface area contributed by atoms with Gasteiger partial charge in [0.15, 0.2) is 5.96 Å². The van der Waals surface area contributed by atoms with Crippen molar-refractivity contribution in [1.82, 2.24) is 20.6 Å². The van der Waals surface area contributed by atoms with E-state index in [0.29, 0.717) is 24.7 Å². The highest BCUT2D eigenvalue weighted by Crippen LogP contribution is 2.24. The molecule has 0 saturated carbocycles. The van der Waals surface area contributed by atoms with Gasteiger partial charge in [-0.1, -0.05) is 18.2 Å². The second-order valence-electron chi connectivity index (χ2n) is 5.90. The van der Waals surface area contributed by atoms with Crippen molar-refractivity contribution < 1.29 is 4.79 Å². The van der Waals surface area contributed by atoms with Crippen molar-refractivity contribution in [3.05, 3.63) is 42.2 Å². The van der Waals surface area contributed by atoms with Crippen LogP contribution in [0, 0.1) is 0 Å². The van der Waals surface area contributed by atoms with E-state index in [1.165, 1.54) is 0 Å². The number of rotatable bonds is 4. The van der Waals surface area contributed by atoms with Crippen LogP contribution in [-0.4, -0.2) is 41.0 Å². The van der Waals surface area contributed by atoms with Crippen LogP contribution >= 0.6 is 12.4 Å². The normalized spacial score (nSPS) is 16.3. The van der Waals surface area contributed by atoms with E-state index in [0.717, 1.165) is 28.2 Å². The summed E-state index contributed by atoms with van der Waals surface area (Å²) in [4.78, 5) is 24.0. The first-order chi connectivity index (χ1) is 11.7. The lowest BCUT2D eigenvalue weighted by Gasteiger charge is -2.11. The summed E-state index contributed by atoms with van der Waals surface area (Å²) in [7, 11) is 0. The van der Waals surface area contributed by atoms with Crippen LogP contribution in [-0.2, 0) is 0 Å². The summed E-state index contributed by atoms with van der Waals surface area (Å²) in [6.45, 7) is 1.20. The molecule has 8 heteroatoms. The van der Waals surface area contributed by atoms with Crippen molar-refractivity contribution >= 4 is 46.1 Å². The molecule has 3 heterocycles. The first-order valence-corrected chi connectivity index (χ1v) is 7.92. The van der Waals surface area contributed by atoms with Crippen molar-refractivity contribution in [3.8, 4) is 0 Å². The van der Waals surface area contributed by atoms with Crippen molar-refractivity contribution in [2.45, 2.75) is 12.5 Å². The average Bonchev–Trinajstić information content (AvgIpc) is 3.17. The Kier molecular flexibility index (Phi) is 4.76. The Morgan fingerprint density at radius 1 is 1.28 bits per heavy atom. The van der Waals surface area contributed by atoms with Gasteiger partial charge in [-0.05, 0) is 18.6 Å². The van der Waals surface area contributed by atoms with Crippen LogP contribution in [0.15, 0.2) is 41.5 Å². The van der Waals surface area contributed by atoms with E-state index in [2.05, 4.69) is 25.6 Å². The van der Waals surface area contributed by atoms with E-state index in [9.17, 15) is 4.79 Å². The van der Waals surface area contributed by atoms with Gasteiger partial charge >= 0.3 is 0 Å². The molecule has 1 atom stereocenters. The number of hydrogen-bond donors (Lipinski definition) is 4. The van der Waals surface area contributed by atoms with Crippen LogP contribution < -0.4 is 16.4 Å². The third-order valence-electron chi connectivity index (χ3n) is 4.24. The molecular formula is C17H19ClN6O. The fraction of sp³-hybridized carbons (Fsp3) is 0.235. The highest BCUT2D eigenvalue weighted by Gasteiger charge is 2.16. The number of aromatic nitrogens is 2. The Balaban J connectivity index is 0.00000182. The van der Waals surface area contributed by atoms with Gasteiger partial charge in [0.2, 0.25) is 0 Å². The van der Waals surface area contributed by atoms with Crippen molar-refractivity contribution in [2.24, 2.45) is 10.7 Å². The smallest absolute Gasteiger partial charge is 0.269 e. The molecule has 0 bridgehead atoms. The molecule has 0 saturated heterocycles. The number of benzene rings is 1. The predicted molar refractivity (Wildman–Crippen MR) is 101 cm³/mol. The third kappa shape index (κ3) is 3.36. The lowest BCUT2D eigenvalue weighted by molar-refractivity contribution is 0.0948. The number of hydrogen-bond acceptors (Lipinski definition) is 5. The molecule has 0 aliphatic carbocycles. The van der Waals surface area contributed by atoms with Gasteiger partial charge in [-0.15, -0.1) is 12.4 Å². The lowest BCUT2D eigenvalue weighted by atomic mass is 10.1. The molecule has 1 unspecified atom stereocenters. The maximum atomic E-state index is 12.3. The molecule has 1 amide bonds. The Labute approximate surface area is 150 Å². The number of aliphatic imine (C=N–C) groups is 1. The average molecular weight is 359 g/mol. The van der Waals surface area contributed by atoms with E-state index >= 15 is 0 Å². The van der Waals surface area contributed by atoms with Crippen LogP contribution in [0.4, 0.5) is 0 Å². The highest BCUT2D eigenvalue weighted by atomic mass is 35.5. The van der Waals surface area contributed by atoms with Crippen LogP contribution in [0.2, 0.25) is 0 Å². The van der Waals surface area contributed by atoms with Gasteiger partial charge in [-0.3, -0.25) is 9.79 Å². The van der Waals surface area contributed by atoms with E-state index < -0.39 is 0 Å². The zero-order valence-electron chi connectivity index (χ0n) is 13.5. The highest BCUT2D eigenvalue weighted by molar-refractivity contribution is 6.09. The third-order valence-corrected chi connectivity index (χ3v) is 4.24. The number of H-pyrrole nitrogens is 1. The van der Waals surface area contributed by atoms with Crippen LogP contribution in [0.5, 0.6) is 0 Å². The van der Waals surface area contributed by atoms with Gasteiger partial charge < -0.3 is 21.4 Å². The number of amides is 1. The molecule has 1 aliphatic rings. The van der Waals surface area contributed by atoms with Gasteiger partial charge in [0.05, 0.1) is 24.3 Å². The number of halogens is 1. The Bertz CT molecular complexity index is 951. The number of carbonyl (C=O) groups excluding carboxylic acids is 1. The largest absolute Gasteiger partial charge is 0.370 e. The number of para-hydroxylation sites is 1. The monoisotopic (exact) mass is 358 g/mol. The lowest BCUT2D eigenvalue weighted by Crippen LogP contribution is -2.37. The molecule has 2 aromatic heterocycles. The topological polar surface area (TPSA) is 108 Å². The summed E-state index contributed by atoms with van der Waals surface area (Å²) < 4.78 is 0. The number of pyridine rings is 1. The second kappa shape index (κ2) is 6.98. The summed E-state index contributed by atoms with van der Waals surface area (Å²) >= 11 is 0. The Morgan fingerprint density at radius 2 is 2.12 bits per heavy atom. The van der Waals surface area contributed by atoms with Crippen molar-refractivity contribution in [3.63, 3.8) is 0 Å². The molecule has 0 spiro atoms. The van der Waals surface area contributed by atoms with Gasteiger partial charge in [-0.2, -0.15) is 0 Å². The molecule has 1 aromatic carbocycles. The first kappa shape index (κ1) is 17.0. The number of nitrogens with zero attached hydrogens (tertiary/aromatic N) is 2. The quantitative estimate of drug-likeness (QED) is 0.567. The molecule has 5 N–H and O–H groups in total. The van der Waals surface area contributed by atoms with E-state index in [1.807, 2.05) is 30.3 Å². The first-order valence-electron chi connectivity index (χ1n) is 7.92. The maximum absolute atomic E-state index is 12.3. The Morgan fingerprint density at radius 3 is 2.92 bits per heavy atom. The zero-order chi connectivity index (χ0) is 16.5. The Hall–Kier alpha value is -2.80. The standard InChI is InChI=1S/C17H18N6O.ClH/c18-17-21-8-10(22-17)5-6-19-16(24)14-7-12-11-3-1-2-4-13(11)23-15(12)9-20-14;/h1-4,7,9-10,23H,5-6,8H2,(H,19,24)(H3,18,21,22);1H. The summed E-state index contributed by atoms with van der Waals surface area (Å²) in [6.07, 6.45) is 2.47.